The quantitative estimate of drug-likeness (QED) is 0.694. The second kappa shape index (κ2) is 6.07. The van der Waals surface area contributed by atoms with E-state index in [4.69, 9.17) is 0 Å². The van der Waals surface area contributed by atoms with Crippen molar-refractivity contribution >= 4 is 21.2 Å². The lowest BCUT2D eigenvalue weighted by molar-refractivity contribution is 0.104. The average molecular weight is 360 g/mol. The van der Waals surface area contributed by atoms with E-state index in [1.165, 1.54) is 12.1 Å². The molecule has 0 saturated carbocycles. The lowest BCUT2D eigenvalue weighted by Crippen LogP contribution is -2.12. The first-order valence-corrected chi connectivity index (χ1v) is 9.74. The van der Waals surface area contributed by atoms with Crippen LogP contribution in [0.1, 0.15) is 27.0 Å². The zero-order chi connectivity index (χ0) is 18.3. The first kappa shape index (κ1) is 16.5. The highest BCUT2D eigenvalue weighted by Crippen LogP contribution is 2.42. The minimum absolute atomic E-state index is 0.126. The van der Waals surface area contributed by atoms with E-state index in [0.29, 0.717) is 16.7 Å². The van der Waals surface area contributed by atoms with Crippen molar-refractivity contribution in [2.24, 2.45) is 0 Å². The Hall–Kier alpha value is -2.98. The summed E-state index contributed by atoms with van der Waals surface area (Å²) >= 11 is 0. The minimum atomic E-state index is -3.94. The Morgan fingerprint density at radius 3 is 2.00 bits per heavy atom. The average Bonchev–Trinajstić information content (AvgIpc) is 2.95. The number of fused-ring (bicyclic) bond motifs is 1. The van der Waals surface area contributed by atoms with Crippen molar-refractivity contribution in [3.8, 4) is 0 Å². The number of allylic oxidation sites excluding steroid dienone is 1. The summed E-state index contributed by atoms with van der Waals surface area (Å²) in [5.74, 6) is -0.442. The monoisotopic (exact) mass is 360 g/mol. The van der Waals surface area contributed by atoms with Crippen molar-refractivity contribution in [2.75, 3.05) is 0 Å². The lowest BCUT2D eigenvalue weighted by Gasteiger charge is -2.09. The fourth-order valence-electron chi connectivity index (χ4n) is 3.29. The Morgan fingerprint density at radius 2 is 1.35 bits per heavy atom. The highest BCUT2D eigenvalue weighted by Gasteiger charge is 2.39. The molecule has 0 saturated heterocycles. The number of hydrogen-bond donors (Lipinski definition) is 0. The molecule has 128 valence electrons. The van der Waals surface area contributed by atoms with Crippen LogP contribution in [-0.2, 0) is 9.84 Å². The molecule has 4 heteroatoms. The second-order valence-corrected chi connectivity index (χ2v) is 8.15. The van der Waals surface area contributed by atoms with Crippen molar-refractivity contribution < 1.29 is 13.2 Å². The molecule has 0 heterocycles. The maximum Gasteiger partial charge on any atom is 0.211 e. The Kier molecular flexibility index (Phi) is 3.85. The van der Waals surface area contributed by atoms with Gasteiger partial charge in [0.05, 0.1) is 4.90 Å². The molecule has 3 aromatic carbocycles. The van der Waals surface area contributed by atoms with Gasteiger partial charge in [-0.25, -0.2) is 8.42 Å². The second-order valence-electron chi connectivity index (χ2n) is 6.26. The van der Waals surface area contributed by atoms with Gasteiger partial charge in [-0.2, -0.15) is 0 Å². The number of carbonyl (C=O) groups excluding carboxylic acids is 1. The van der Waals surface area contributed by atoms with Crippen LogP contribution in [-0.4, -0.2) is 14.2 Å². The van der Waals surface area contributed by atoms with Gasteiger partial charge in [0.15, 0.2) is 0 Å². The highest BCUT2D eigenvalue weighted by atomic mass is 32.2. The van der Waals surface area contributed by atoms with Crippen LogP contribution in [0.15, 0.2) is 88.7 Å². The summed E-state index contributed by atoms with van der Waals surface area (Å²) in [5.41, 5.74) is 3.29. The zero-order valence-electron chi connectivity index (χ0n) is 14.1. The van der Waals surface area contributed by atoms with E-state index in [2.05, 4.69) is 0 Å². The van der Waals surface area contributed by atoms with Gasteiger partial charge in [-0.1, -0.05) is 72.3 Å². The van der Waals surface area contributed by atoms with Gasteiger partial charge >= 0.3 is 0 Å². The number of sulfone groups is 1. The van der Waals surface area contributed by atoms with Crippen molar-refractivity contribution in [1.82, 2.24) is 0 Å². The number of Topliss-reactive ketones (excluding diaryl/α,β-unsaturated/α-hetero) is 1. The van der Waals surface area contributed by atoms with Gasteiger partial charge in [-0.05, 0) is 30.2 Å². The molecule has 0 aliphatic heterocycles. The highest BCUT2D eigenvalue weighted by molar-refractivity contribution is 7.96. The SMILES string of the molecule is Cc1ccc2c(c1)C(c1ccccc1)=C(S(=O)(=O)c1ccccc1)C2=O. The molecule has 0 amide bonds. The van der Waals surface area contributed by atoms with E-state index in [1.54, 1.807) is 24.3 Å². The first-order chi connectivity index (χ1) is 12.5. The van der Waals surface area contributed by atoms with Gasteiger partial charge in [0.25, 0.3) is 0 Å². The maximum atomic E-state index is 13.3. The van der Waals surface area contributed by atoms with E-state index in [1.807, 2.05) is 49.4 Å². The maximum absolute atomic E-state index is 13.3. The zero-order valence-corrected chi connectivity index (χ0v) is 15.0. The van der Waals surface area contributed by atoms with E-state index in [0.717, 1.165) is 11.1 Å². The van der Waals surface area contributed by atoms with Crippen LogP contribution in [0, 0.1) is 6.92 Å². The van der Waals surface area contributed by atoms with Crippen LogP contribution in [0.4, 0.5) is 0 Å². The third-order valence-electron chi connectivity index (χ3n) is 4.51. The fourth-order valence-corrected chi connectivity index (χ4v) is 4.89. The molecule has 0 spiro atoms. The normalized spacial score (nSPS) is 13.8. The third kappa shape index (κ3) is 2.50. The first-order valence-electron chi connectivity index (χ1n) is 8.26. The molecule has 3 aromatic rings. The summed E-state index contributed by atoms with van der Waals surface area (Å²) in [4.78, 5) is 13.1. The number of carbonyl (C=O) groups is 1. The molecule has 0 fully saturated rings. The number of hydrogen-bond acceptors (Lipinski definition) is 3. The van der Waals surface area contributed by atoms with Gasteiger partial charge in [-0.15, -0.1) is 0 Å². The molecule has 0 N–H and O–H groups in total. The summed E-state index contributed by atoms with van der Waals surface area (Å²) in [6.45, 7) is 1.93. The molecule has 1 aliphatic carbocycles. The number of aryl methyl sites for hydroxylation is 1. The van der Waals surface area contributed by atoms with Crippen molar-refractivity contribution in [3.63, 3.8) is 0 Å². The molecule has 4 rings (SSSR count). The van der Waals surface area contributed by atoms with Crippen LogP contribution in [0.2, 0.25) is 0 Å². The van der Waals surface area contributed by atoms with Crippen LogP contribution in [0.5, 0.6) is 0 Å². The molecular weight excluding hydrogens is 344 g/mol. The minimum Gasteiger partial charge on any atom is -0.288 e. The molecule has 0 atom stereocenters. The molecule has 0 bridgehead atoms. The van der Waals surface area contributed by atoms with Crippen LogP contribution < -0.4 is 0 Å². The van der Waals surface area contributed by atoms with E-state index in [-0.39, 0.29) is 9.80 Å². The molecule has 0 unspecified atom stereocenters. The molecule has 0 radical (unpaired) electrons. The van der Waals surface area contributed by atoms with E-state index in [9.17, 15) is 13.2 Å². The van der Waals surface area contributed by atoms with Crippen LogP contribution in [0.3, 0.4) is 0 Å². The predicted molar refractivity (Wildman–Crippen MR) is 102 cm³/mol. The fraction of sp³-hybridized carbons (Fsp3) is 0.0455. The molecular formula is C22H16O3S. The number of benzene rings is 3. The van der Waals surface area contributed by atoms with Crippen LogP contribution in [0.25, 0.3) is 5.57 Å². The number of rotatable bonds is 3. The largest absolute Gasteiger partial charge is 0.288 e. The lowest BCUT2D eigenvalue weighted by atomic mass is 9.98. The van der Waals surface area contributed by atoms with Gasteiger partial charge < -0.3 is 0 Å². The molecule has 0 aromatic heterocycles. The van der Waals surface area contributed by atoms with Crippen LogP contribution >= 0.6 is 0 Å². The third-order valence-corrected chi connectivity index (χ3v) is 6.33. The molecule has 3 nitrogen and oxygen atoms in total. The summed E-state index contributed by atoms with van der Waals surface area (Å²) in [6, 6.07) is 22.7. The van der Waals surface area contributed by atoms with Gasteiger partial charge in [-0.3, -0.25) is 4.79 Å². The Bertz CT molecular complexity index is 1140. The van der Waals surface area contributed by atoms with Gasteiger partial charge in [0.1, 0.15) is 4.91 Å². The van der Waals surface area contributed by atoms with Crippen molar-refractivity contribution in [3.05, 3.63) is 106 Å². The van der Waals surface area contributed by atoms with Crippen molar-refractivity contribution in [2.45, 2.75) is 11.8 Å². The topological polar surface area (TPSA) is 51.2 Å². The Morgan fingerprint density at radius 1 is 0.731 bits per heavy atom. The Balaban J connectivity index is 2.07. The smallest absolute Gasteiger partial charge is 0.211 e. The molecule has 1 aliphatic rings. The van der Waals surface area contributed by atoms with Gasteiger partial charge in [0, 0.05) is 11.1 Å². The summed E-state index contributed by atoms with van der Waals surface area (Å²) in [7, 11) is -3.94. The standard InChI is InChI=1S/C22H16O3S/c1-15-12-13-18-19(14-15)20(16-8-4-2-5-9-16)22(21(18)23)26(24,25)17-10-6-3-7-11-17/h2-14H,1H3. The van der Waals surface area contributed by atoms with E-state index < -0.39 is 15.6 Å². The predicted octanol–water partition coefficient (Wildman–Crippen LogP) is 4.42. The van der Waals surface area contributed by atoms with Crippen molar-refractivity contribution in [1.29, 1.82) is 0 Å². The van der Waals surface area contributed by atoms with Gasteiger partial charge in [0.2, 0.25) is 15.6 Å². The molecule has 26 heavy (non-hydrogen) atoms. The summed E-state index contributed by atoms with van der Waals surface area (Å²) in [5, 5.41) is 0. The Labute approximate surface area is 152 Å². The number of ketones is 1. The summed E-state index contributed by atoms with van der Waals surface area (Å²) in [6.07, 6.45) is 0. The summed E-state index contributed by atoms with van der Waals surface area (Å²) < 4.78 is 26.6. The van der Waals surface area contributed by atoms with E-state index >= 15 is 0 Å².